The molecule has 4 aliphatic rings. The minimum Gasteiger partial charge on any atom is -0.422 e. The molecule has 0 radical (unpaired) electrons. The normalized spacial score (nSPS) is 32.1. The average Bonchev–Trinajstić information content (AvgIpc) is 2.59. The Kier molecular flexibility index (Phi) is 3.70. The molecule has 1 aromatic carbocycles. The number of nitrogens with one attached hydrogen (secondary N) is 1. The summed E-state index contributed by atoms with van der Waals surface area (Å²) in [5, 5.41) is 3.76. The molecule has 26 heavy (non-hydrogen) atoms. The SMILES string of the molecule is O=C(NCCC12CC3CC(CC(C3)C1)C2)c1cc2ccccc2oc1=O. The van der Waals surface area contributed by atoms with E-state index in [-0.39, 0.29) is 11.5 Å². The second kappa shape index (κ2) is 5.97. The Labute approximate surface area is 153 Å². The first-order valence-electron chi connectivity index (χ1n) is 9.91. The zero-order valence-electron chi connectivity index (χ0n) is 15.0. The number of hydrogen-bond acceptors (Lipinski definition) is 3. The highest BCUT2D eigenvalue weighted by atomic mass is 16.4. The van der Waals surface area contributed by atoms with E-state index < -0.39 is 5.63 Å². The monoisotopic (exact) mass is 351 g/mol. The smallest absolute Gasteiger partial charge is 0.349 e. The maximum Gasteiger partial charge on any atom is 0.349 e. The lowest BCUT2D eigenvalue weighted by atomic mass is 9.49. The Bertz CT molecular complexity index is 878. The van der Waals surface area contributed by atoms with Gasteiger partial charge in [0.25, 0.3) is 5.91 Å². The zero-order chi connectivity index (χ0) is 17.7. The minimum absolute atomic E-state index is 0.106. The standard InChI is InChI=1S/C22H25NO3/c24-20(18-10-17-3-1-2-4-19(17)26-21(18)25)23-6-5-22-11-14-7-15(12-22)9-16(8-14)13-22/h1-4,10,14-16H,5-9,11-13H2,(H,23,24). The van der Waals surface area contributed by atoms with Crippen LogP contribution in [0.1, 0.15) is 55.3 Å². The van der Waals surface area contributed by atoms with Crippen LogP contribution in [0.4, 0.5) is 0 Å². The Morgan fingerprint density at radius 2 is 1.73 bits per heavy atom. The van der Waals surface area contributed by atoms with Crippen LogP contribution in [-0.2, 0) is 0 Å². The van der Waals surface area contributed by atoms with Crippen molar-refractivity contribution < 1.29 is 9.21 Å². The van der Waals surface area contributed by atoms with E-state index in [1.54, 1.807) is 12.1 Å². The van der Waals surface area contributed by atoms with E-state index in [0.717, 1.165) is 29.6 Å². The van der Waals surface area contributed by atoms with Crippen LogP contribution in [0.5, 0.6) is 0 Å². The van der Waals surface area contributed by atoms with Crippen LogP contribution < -0.4 is 10.9 Å². The van der Waals surface area contributed by atoms with Gasteiger partial charge in [-0.05, 0) is 80.2 Å². The molecule has 0 unspecified atom stereocenters. The molecule has 4 saturated carbocycles. The second-order valence-corrected chi connectivity index (χ2v) is 8.91. The summed E-state index contributed by atoms with van der Waals surface area (Å²) in [6, 6.07) is 8.92. The molecule has 4 aliphatic carbocycles. The van der Waals surface area contributed by atoms with E-state index in [1.807, 2.05) is 18.2 Å². The van der Waals surface area contributed by atoms with Gasteiger partial charge in [-0.15, -0.1) is 0 Å². The van der Waals surface area contributed by atoms with Gasteiger partial charge in [-0.3, -0.25) is 4.79 Å². The van der Waals surface area contributed by atoms with Gasteiger partial charge in [0.05, 0.1) is 0 Å². The third-order valence-corrected chi connectivity index (χ3v) is 6.99. The summed E-state index contributed by atoms with van der Waals surface area (Å²) in [5.41, 5.74) is 0.503. The number of carbonyl (C=O) groups is 1. The molecule has 0 saturated heterocycles. The molecule has 2 aromatic rings. The van der Waals surface area contributed by atoms with Crippen molar-refractivity contribution in [3.05, 3.63) is 46.3 Å². The van der Waals surface area contributed by atoms with Crippen molar-refractivity contribution in [3.8, 4) is 0 Å². The van der Waals surface area contributed by atoms with Crippen LogP contribution in [0.2, 0.25) is 0 Å². The highest BCUT2D eigenvalue weighted by Gasteiger charge is 2.50. The predicted octanol–water partition coefficient (Wildman–Crippen LogP) is 4.13. The second-order valence-electron chi connectivity index (χ2n) is 8.91. The van der Waals surface area contributed by atoms with E-state index in [1.165, 1.54) is 38.5 Å². The molecule has 1 aromatic heterocycles. The van der Waals surface area contributed by atoms with Crippen LogP contribution in [0.25, 0.3) is 11.0 Å². The summed E-state index contributed by atoms with van der Waals surface area (Å²) in [5.74, 6) is 2.45. The quantitative estimate of drug-likeness (QED) is 0.843. The van der Waals surface area contributed by atoms with E-state index in [0.29, 0.717) is 17.5 Å². The van der Waals surface area contributed by atoms with Crippen molar-refractivity contribution in [1.82, 2.24) is 5.32 Å². The van der Waals surface area contributed by atoms with Crippen molar-refractivity contribution in [3.63, 3.8) is 0 Å². The van der Waals surface area contributed by atoms with Crippen molar-refractivity contribution in [2.24, 2.45) is 23.2 Å². The molecule has 0 aliphatic heterocycles. The average molecular weight is 351 g/mol. The van der Waals surface area contributed by atoms with Crippen LogP contribution in [-0.4, -0.2) is 12.5 Å². The first-order valence-corrected chi connectivity index (χ1v) is 9.91. The van der Waals surface area contributed by atoms with Gasteiger partial charge in [0.1, 0.15) is 11.1 Å². The summed E-state index contributed by atoms with van der Waals surface area (Å²) in [4.78, 5) is 24.7. The van der Waals surface area contributed by atoms with E-state index >= 15 is 0 Å². The molecule has 4 nitrogen and oxygen atoms in total. The lowest BCUT2D eigenvalue weighted by molar-refractivity contribution is -0.0564. The molecule has 0 atom stereocenters. The lowest BCUT2D eigenvalue weighted by Gasteiger charge is -2.57. The topological polar surface area (TPSA) is 59.3 Å². The fourth-order valence-electron chi connectivity index (χ4n) is 6.35. The van der Waals surface area contributed by atoms with Gasteiger partial charge in [-0.1, -0.05) is 18.2 Å². The summed E-state index contributed by atoms with van der Waals surface area (Å²) >= 11 is 0. The van der Waals surface area contributed by atoms with Crippen LogP contribution in [0.3, 0.4) is 0 Å². The third-order valence-electron chi connectivity index (χ3n) is 6.99. The van der Waals surface area contributed by atoms with Gasteiger partial charge in [0.2, 0.25) is 0 Å². The lowest BCUT2D eigenvalue weighted by Crippen LogP contribution is -2.47. The predicted molar refractivity (Wildman–Crippen MR) is 100 cm³/mol. The highest BCUT2D eigenvalue weighted by Crippen LogP contribution is 2.61. The summed E-state index contributed by atoms with van der Waals surface area (Å²) < 4.78 is 5.28. The Morgan fingerprint density at radius 3 is 2.42 bits per heavy atom. The van der Waals surface area contributed by atoms with Gasteiger partial charge >= 0.3 is 5.63 Å². The molecule has 136 valence electrons. The Hall–Kier alpha value is -2.10. The molecular formula is C22H25NO3. The van der Waals surface area contributed by atoms with Crippen molar-refractivity contribution in [2.45, 2.75) is 44.9 Å². The molecule has 1 N–H and O–H groups in total. The number of fused-ring (bicyclic) bond motifs is 1. The number of amides is 1. The number of carbonyl (C=O) groups excluding carboxylic acids is 1. The molecule has 1 amide bonds. The maximum atomic E-state index is 12.5. The first-order chi connectivity index (χ1) is 12.6. The van der Waals surface area contributed by atoms with Gasteiger partial charge in [-0.25, -0.2) is 4.79 Å². The third kappa shape index (κ3) is 2.76. The Balaban J connectivity index is 1.27. The molecule has 4 bridgehead atoms. The minimum atomic E-state index is -0.559. The summed E-state index contributed by atoms with van der Waals surface area (Å²) in [6.07, 6.45) is 9.37. The van der Waals surface area contributed by atoms with Crippen molar-refractivity contribution in [1.29, 1.82) is 0 Å². The molecule has 4 heteroatoms. The molecule has 4 fully saturated rings. The van der Waals surface area contributed by atoms with Gasteiger partial charge in [0.15, 0.2) is 0 Å². The number of hydrogen-bond donors (Lipinski definition) is 1. The van der Waals surface area contributed by atoms with Crippen LogP contribution in [0.15, 0.2) is 39.5 Å². The fourth-order valence-corrected chi connectivity index (χ4v) is 6.35. The van der Waals surface area contributed by atoms with Crippen molar-refractivity contribution >= 4 is 16.9 Å². The Morgan fingerprint density at radius 1 is 1.08 bits per heavy atom. The maximum absolute atomic E-state index is 12.5. The van der Waals surface area contributed by atoms with E-state index in [9.17, 15) is 9.59 Å². The number of para-hydroxylation sites is 1. The van der Waals surface area contributed by atoms with Crippen LogP contribution >= 0.6 is 0 Å². The first kappa shape index (κ1) is 16.1. The van der Waals surface area contributed by atoms with E-state index in [2.05, 4.69) is 5.32 Å². The number of rotatable bonds is 4. The highest BCUT2D eigenvalue weighted by molar-refractivity contribution is 5.96. The molecule has 0 spiro atoms. The molecular weight excluding hydrogens is 326 g/mol. The molecule has 1 heterocycles. The number of benzene rings is 1. The van der Waals surface area contributed by atoms with Crippen LogP contribution in [0, 0.1) is 23.2 Å². The fraction of sp³-hybridized carbons (Fsp3) is 0.545. The van der Waals surface area contributed by atoms with Crippen molar-refractivity contribution in [2.75, 3.05) is 6.54 Å². The molecule has 6 rings (SSSR count). The van der Waals surface area contributed by atoms with Gasteiger partial charge < -0.3 is 9.73 Å². The van der Waals surface area contributed by atoms with Gasteiger partial charge in [-0.2, -0.15) is 0 Å². The zero-order valence-corrected chi connectivity index (χ0v) is 15.0. The largest absolute Gasteiger partial charge is 0.422 e. The van der Waals surface area contributed by atoms with E-state index in [4.69, 9.17) is 4.42 Å². The van der Waals surface area contributed by atoms with Gasteiger partial charge in [0, 0.05) is 11.9 Å². The summed E-state index contributed by atoms with van der Waals surface area (Å²) in [6.45, 7) is 0.650. The summed E-state index contributed by atoms with van der Waals surface area (Å²) in [7, 11) is 0.